The molecule has 0 saturated heterocycles. The van der Waals surface area contributed by atoms with Gasteiger partial charge in [-0.3, -0.25) is 10.1 Å². The second-order valence-corrected chi connectivity index (χ2v) is 8.67. The number of nitrogens with one attached hydrogen (secondary N) is 3. The van der Waals surface area contributed by atoms with Gasteiger partial charge in [-0.05, 0) is 35.9 Å². The lowest BCUT2D eigenvalue weighted by molar-refractivity contribution is 0.0880. The SMILES string of the molecule is CC(C)(C)C(O)Nc1cncc(-c2ccc3[nH]nc(-c4nc5ncccc5[nH]4)c3c2)c1. The van der Waals surface area contributed by atoms with Crippen LogP contribution in [0, 0.1) is 5.41 Å². The van der Waals surface area contributed by atoms with E-state index in [9.17, 15) is 5.11 Å². The van der Waals surface area contributed by atoms with Gasteiger partial charge in [0.2, 0.25) is 0 Å². The smallest absolute Gasteiger partial charge is 0.178 e. The third-order valence-corrected chi connectivity index (χ3v) is 5.24. The molecule has 0 fully saturated rings. The van der Waals surface area contributed by atoms with Gasteiger partial charge in [-0.25, -0.2) is 9.97 Å². The highest BCUT2D eigenvalue weighted by Crippen LogP contribution is 2.31. The van der Waals surface area contributed by atoms with Crippen molar-refractivity contribution in [3.8, 4) is 22.6 Å². The Morgan fingerprint density at radius 2 is 1.90 bits per heavy atom. The van der Waals surface area contributed by atoms with Gasteiger partial charge in [0.05, 0.1) is 22.9 Å². The fourth-order valence-electron chi connectivity index (χ4n) is 3.38. The van der Waals surface area contributed by atoms with Crippen molar-refractivity contribution in [1.82, 2.24) is 30.1 Å². The molecule has 0 bridgehead atoms. The van der Waals surface area contributed by atoms with Crippen molar-refractivity contribution < 1.29 is 5.11 Å². The van der Waals surface area contributed by atoms with Gasteiger partial charge < -0.3 is 15.4 Å². The van der Waals surface area contributed by atoms with Crippen LogP contribution in [0.2, 0.25) is 0 Å². The summed E-state index contributed by atoms with van der Waals surface area (Å²) in [7, 11) is 0. The second-order valence-electron chi connectivity index (χ2n) is 8.67. The van der Waals surface area contributed by atoms with Crippen molar-refractivity contribution in [2.24, 2.45) is 5.41 Å². The Hall–Kier alpha value is -3.78. The number of rotatable bonds is 4. The largest absolute Gasteiger partial charge is 0.373 e. The van der Waals surface area contributed by atoms with Gasteiger partial charge in [-0.2, -0.15) is 5.10 Å². The number of hydrogen-bond acceptors (Lipinski definition) is 6. The zero-order valence-electron chi connectivity index (χ0n) is 17.5. The van der Waals surface area contributed by atoms with Crippen LogP contribution in [0.5, 0.6) is 0 Å². The van der Waals surface area contributed by atoms with Crippen LogP contribution in [-0.4, -0.2) is 41.5 Å². The van der Waals surface area contributed by atoms with Crippen LogP contribution in [0.25, 0.3) is 44.7 Å². The van der Waals surface area contributed by atoms with Crippen LogP contribution in [0.1, 0.15) is 20.8 Å². The number of pyridine rings is 2. The van der Waals surface area contributed by atoms with Crippen molar-refractivity contribution in [3.05, 3.63) is 55.0 Å². The maximum atomic E-state index is 10.4. The molecule has 4 N–H and O–H groups in total. The molecule has 0 aliphatic carbocycles. The number of benzene rings is 1. The van der Waals surface area contributed by atoms with E-state index in [4.69, 9.17) is 0 Å². The molecule has 8 heteroatoms. The standard InChI is InChI=1S/C23H23N7O/c1-23(2,3)22(31)26-15-9-14(11-24-12-15)13-6-7-17-16(10-13)19(30-29-17)21-27-18-5-4-8-25-20(18)28-21/h4-12,22,26,31H,1-3H3,(H,29,30)(H,25,27,28). The average Bonchev–Trinajstić information content (AvgIpc) is 3.36. The van der Waals surface area contributed by atoms with Gasteiger partial charge in [-0.15, -0.1) is 0 Å². The maximum absolute atomic E-state index is 10.4. The number of aliphatic hydroxyl groups excluding tert-OH is 1. The minimum Gasteiger partial charge on any atom is -0.373 e. The van der Waals surface area contributed by atoms with Gasteiger partial charge in [0.15, 0.2) is 11.5 Å². The summed E-state index contributed by atoms with van der Waals surface area (Å²) in [5, 5.41) is 22.0. The van der Waals surface area contributed by atoms with Crippen molar-refractivity contribution >= 4 is 27.8 Å². The first-order valence-corrected chi connectivity index (χ1v) is 10.1. The summed E-state index contributed by atoms with van der Waals surface area (Å²) in [4.78, 5) is 16.5. The van der Waals surface area contributed by atoms with E-state index in [2.05, 4.69) is 41.5 Å². The Morgan fingerprint density at radius 3 is 2.71 bits per heavy atom. The van der Waals surface area contributed by atoms with Crippen LogP contribution >= 0.6 is 0 Å². The third kappa shape index (κ3) is 3.62. The zero-order valence-corrected chi connectivity index (χ0v) is 17.5. The Morgan fingerprint density at radius 1 is 1.03 bits per heavy atom. The molecule has 4 heterocycles. The lowest BCUT2D eigenvalue weighted by Crippen LogP contribution is -2.33. The monoisotopic (exact) mass is 413 g/mol. The summed E-state index contributed by atoms with van der Waals surface area (Å²) in [5.74, 6) is 0.666. The molecule has 5 aromatic rings. The van der Waals surface area contributed by atoms with Gasteiger partial charge >= 0.3 is 0 Å². The van der Waals surface area contributed by atoms with E-state index in [1.54, 1.807) is 18.6 Å². The normalized spacial score (nSPS) is 13.0. The summed E-state index contributed by atoms with van der Waals surface area (Å²) < 4.78 is 0. The van der Waals surface area contributed by atoms with Crippen LogP contribution in [0.3, 0.4) is 0 Å². The van der Waals surface area contributed by atoms with Crippen molar-refractivity contribution in [1.29, 1.82) is 0 Å². The number of aromatic nitrogens is 6. The first-order valence-electron chi connectivity index (χ1n) is 10.1. The molecule has 1 atom stereocenters. The van der Waals surface area contributed by atoms with Gasteiger partial charge in [0.25, 0.3) is 0 Å². The number of H-pyrrole nitrogens is 2. The number of nitrogens with zero attached hydrogens (tertiary/aromatic N) is 4. The average molecular weight is 413 g/mol. The summed E-state index contributed by atoms with van der Waals surface area (Å²) in [6.07, 6.45) is 4.55. The Kier molecular flexibility index (Phi) is 4.44. The minimum atomic E-state index is -0.686. The fraction of sp³-hybridized carbons (Fsp3) is 0.217. The van der Waals surface area contributed by atoms with E-state index >= 15 is 0 Å². The Labute approximate surface area is 178 Å². The number of anilines is 1. The van der Waals surface area contributed by atoms with E-state index in [1.807, 2.05) is 51.1 Å². The highest BCUT2D eigenvalue weighted by molar-refractivity contribution is 5.95. The lowest BCUT2D eigenvalue weighted by Gasteiger charge is -2.27. The number of fused-ring (bicyclic) bond motifs is 2. The van der Waals surface area contributed by atoms with Crippen LogP contribution in [0.15, 0.2) is 55.0 Å². The first kappa shape index (κ1) is 19.2. The van der Waals surface area contributed by atoms with Crippen molar-refractivity contribution in [2.75, 3.05) is 5.32 Å². The lowest BCUT2D eigenvalue weighted by atomic mass is 9.94. The van der Waals surface area contributed by atoms with E-state index in [0.29, 0.717) is 11.5 Å². The quantitative estimate of drug-likeness (QED) is 0.326. The molecule has 0 radical (unpaired) electrons. The molecular weight excluding hydrogens is 390 g/mol. The van der Waals surface area contributed by atoms with Crippen LogP contribution < -0.4 is 5.32 Å². The van der Waals surface area contributed by atoms with Gasteiger partial charge in [-0.1, -0.05) is 26.8 Å². The highest BCUT2D eigenvalue weighted by atomic mass is 16.3. The highest BCUT2D eigenvalue weighted by Gasteiger charge is 2.22. The maximum Gasteiger partial charge on any atom is 0.178 e. The molecule has 1 aromatic carbocycles. The predicted molar refractivity (Wildman–Crippen MR) is 121 cm³/mol. The molecule has 1 unspecified atom stereocenters. The topological polar surface area (TPSA) is 115 Å². The number of imidazole rings is 1. The van der Waals surface area contributed by atoms with Gasteiger partial charge in [0, 0.05) is 28.8 Å². The van der Waals surface area contributed by atoms with E-state index < -0.39 is 6.23 Å². The second kappa shape index (κ2) is 7.17. The Bertz CT molecular complexity index is 1350. The zero-order chi connectivity index (χ0) is 21.6. The summed E-state index contributed by atoms with van der Waals surface area (Å²) in [5.41, 5.74) is 5.57. The van der Waals surface area contributed by atoms with Crippen LogP contribution in [-0.2, 0) is 0 Å². The molecule has 8 nitrogen and oxygen atoms in total. The third-order valence-electron chi connectivity index (χ3n) is 5.24. The summed E-state index contributed by atoms with van der Waals surface area (Å²) in [6, 6.07) is 11.9. The van der Waals surface area contributed by atoms with E-state index in [-0.39, 0.29) is 5.41 Å². The Balaban J connectivity index is 1.53. The number of aromatic amines is 2. The van der Waals surface area contributed by atoms with Crippen molar-refractivity contribution in [2.45, 2.75) is 27.0 Å². The van der Waals surface area contributed by atoms with Crippen molar-refractivity contribution in [3.63, 3.8) is 0 Å². The van der Waals surface area contributed by atoms with E-state index in [1.165, 1.54) is 0 Å². The predicted octanol–water partition coefficient (Wildman–Crippen LogP) is 4.34. The minimum absolute atomic E-state index is 0.290. The molecule has 0 aliphatic rings. The summed E-state index contributed by atoms with van der Waals surface area (Å²) >= 11 is 0. The van der Waals surface area contributed by atoms with E-state index in [0.717, 1.165) is 38.9 Å². The fourth-order valence-corrected chi connectivity index (χ4v) is 3.38. The molecule has 4 aromatic heterocycles. The molecule has 0 spiro atoms. The molecule has 0 aliphatic heterocycles. The molecular formula is C23H23N7O. The molecule has 0 amide bonds. The molecule has 0 saturated carbocycles. The number of hydrogen-bond donors (Lipinski definition) is 4. The molecule has 31 heavy (non-hydrogen) atoms. The first-order chi connectivity index (χ1) is 14.9. The van der Waals surface area contributed by atoms with Gasteiger partial charge in [0.1, 0.15) is 11.9 Å². The van der Waals surface area contributed by atoms with Crippen LogP contribution in [0.4, 0.5) is 5.69 Å². The molecule has 156 valence electrons. The summed E-state index contributed by atoms with van der Waals surface area (Å²) in [6.45, 7) is 5.93. The number of aliphatic hydroxyl groups is 1. The molecule has 5 rings (SSSR count).